The molecule has 2 rings (SSSR count). The molecule has 0 aromatic carbocycles. The Kier molecular flexibility index (Phi) is 3.94. The van der Waals surface area contributed by atoms with E-state index in [1.165, 1.54) is 38.6 Å². The molecule has 0 aromatic heterocycles. The highest BCUT2D eigenvalue weighted by Crippen LogP contribution is 2.35. The lowest BCUT2D eigenvalue weighted by molar-refractivity contribution is 0.198. The van der Waals surface area contributed by atoms with E-state index in [-0.39, 0.29) is 0 Å². The van der Waals surface area contributed by atoms with Crippen molar-refractivity contribution < 1.29 is 0 Å². The van der Waals surface area contributed by atoms with Crippen LogP contribution in [0.4, 0.5) is 0 Å². The van der Waals surface area contributed by atoms with E-state index in [1.54, 1.807) is 0 Å². The van der Waals surface area contributed by atoms with Crippen molar-refractivity contribution in [2.24, 2.45) is 5.92 Å². The first-order valence-corrected chi connectivity index (χ1v) is 6.55. The smallest absolute Gasteiger partial charge is 0.0166 e. The predicted octanol–water partition coefficient (Wildman–Crippen LogP) is 2.74. The van der Waals surface area contributed by atoms with Gasteiger partial charge >= 0.3 is 0 Å². The zero-order valence-electron chi connectivity index (χ0n) is 8.86. The summed E-state index contributed by atoms with van der Waals surface area (Å²) in [5.41, 5.74) is 0. The third-order valence-corrected chi connectivity index (χ3v) is 3.95. The van der Waals surface area contributed by atoms with Crippen LogP contribution in [0.15, 0.2) is 12.2 Å². The van der Waals surface area contributed by atoms with E-state index >= 15 is 0 Å². The maximum absolute atomic E-state index is 4.18. The van der Waals surface area contributed by atoms with Crippen LogP contribution in [0.2, 0.25) is 0 Å². The van der Waals surface area contributed by atoms with E-state index in [0.717, 1.165) is 24.3 Å². The molecule has 2 fully saturated rings. The second kappa shape index (κ2) is 5.22. The lowest BCUT2D eigenvalue weighted by atomic mass is 9.85. The van der Waals surface area contributed by atoms with E-state index in [4.69, 9.17) is 0 Å². The molecule has 2 atom stereocenters. The van der Waals surface area contributed by atoms with Crippen molar-refractivity contribution in [3.8, 4) is 0 Å². The van der Waals surface area contributed by atoms with E-state index in [9.17, 15) is 0 Å². The summed E-state index contributed by atoms with van der Waals surface area (Å²) in [6, 6.07) is 0.910. The number of nitrogens with zero attached hydrogens (tertiary/aromatic N) is 1. The Hall–Kier alpha value is 0.0500. The highest BCUT2D eigenvalue weighted by Gasteiger charge is 2.34. The van der Waals surface area contributed by atoms with Gasteiger partial charge in [0.05, 0.1) is 0 Å². The quantitative estimate of drug-likeness (QED) is 0.555. The van der Waals surface area contributed by atoms with Crippen molar-refractivity contribution in [3.63, 3.8) is 0 Å². The van der Waals surface area contributed by atoms with E-state index in [1.807, 2.05) is 0 Å². The van der Waals surface area contributed by atoms with Crippen LogP contribution >= 0.6 is 12.6 Å². The molecular formula is C12H21NS. The van der Waals surface area contributed by atoms with Gasteiger partial charge in [0.2, 0.25) is 0 Å². The Bertz CT molecular complexity index is 202. The third-order valence-electron chi connectivity index (χ3n) is 3.74. The second-order valence-electron chi connectivity index (χ2n) is 4.55. The van der Waals surface area contributed by atoms with Gasteiger partial charge in [0.25, 0.3) is 0 Å². The summed E-state index contributed by atoms with van der Waals surface area (Å²) in [5.74, 6) is 1.90. The minimum absolute atomic E-state index is 0.877. The summed E-state index contributed by atoms with van der Waals surface area (Å²) >= 11 is 4.18. The Balaban J connectivity index is 1.84. The molecule has 1 aliphatic carbocycles. The summed E-state index contributed by atoms with van der Waals surface area (Å²) < 4.78 is 0. The summed E-state index contributed by atoms with van der Waals surface area (Å²) in [4.78, 5) is 2.67. The second-order valence-corrected chi connectivity index (χ2v) is 4.91. The average molecular weight is 211 g/mol. The monoisotopic (exact) mass is 211 g/mol. The van der Waals surface area contributed by atoms with Gasteiger partial charge in [0, 0.05) is 18.3 Å². The van der Waals surface area contributed by atoms with Crippen molar-refractivity contribution in [2.75, 3.05) is 18.8 Å². The normalized spacial score (nSPS) is 33.8. The van der Waals surface area contributed by atoms with Gasteiger partial charge < -0.3 is 0 Å². The number of rotatable bonds is 3. The largest absolute Gasteiger partial charge is 0.296 e. The number of hydrogen-bond donors (Lipinski definition) is 1. The van der Waals surface area contributed by atoms with Crippen molar-refractivity contribution >= 4 is 12.6 Å². The minimum atomic E-state index is 0.877. The Labute approximate surface area is 93.0 Å². The molecule has 0 aromatic rings. The zero-order valence-corrected chi connectivity index (χ0v) is 9.76. The highest BCUT2D eigenvalue weighted by molar-refractivity contribution is 7.80. The van der Waals surface area contributed by atoms with Gasteiger partial charge in [-0.05, 0) is 31.7 Å². The van der Waals surface area contributed by atoms with Crippen molar-refractivity contribution in [3.05, 3.63) is 12.2 Å². The van der Waals surface area contributed by atoms with Gasteiger partial charge in [0.15, 0.2) is 0 Å². The summed E-state index contributed by atoms with van der Waals surface area (Å²) in [7, 11) is 0. The van der Waals surface area contributed by atoms with Crippen LogP contribution in [0.5, 0.6) is 0 Å². The van der Waals surface area contributed by atoms with E-state index < -0.39 is 0 Å². The lowest BCUT2D eigenvalue weighted by Gasteiger charge is -2.31. The molecule has 14 heavy (non-hydrogen) atoms. The molecule has 0 radical (unpaired) electrons. The Morgan fingerprint density at radius 1 is 1.14 bits per heavy atom. The van der Waals surface area contributed by atoms with Crippen LogP contribution in [0.1, 0.15) is 32.1 Å². The molecule has 2 unspecified atom stereocenters. The van der Waals surface area contributed by atoms with Crippen LogP contribution in [0, 0.1) is 5.92 Å². The number of hydrogen-bond acceptors (Lipinski definition) is 2. The maximum atomic E-state index is 4.18. The first kappa shape index (κ1) is 10.6. The van der Waals surface area contributed by atoms with Crippen LogP contribution < -0.4 is 0 Å². The van der Waals surface area contributed by atoms with E-state index in [2.05, 4.69) is 29.7 Å². The lowest BCUT2D eigenvalue weighted by Crippen LogP contribution is -2.34. The fraction of sp³-hybridized carbons (Fsp3) is 0.833. The van der Waals surface area contributed by atoms with Gasteiger partial charge in [-0.25, -0.2) is 0 Å². The first-order valence-electron chi connectivity index (χ1n) is 5.91. The van der Waals surface area contributed by atoms with Gasteiger partial charge in [0.1, 0.15) is 0 Å². The molecule has 0 spiro atoms. The highest BCUT2D eigenvalue weighted by atomic mass is 32.1. The van der Waals surface area contributed by atoms with Gasteiger partial charge in [-0.3, -0.25) is 4.90 Å². The molecule has 0 amide bonds. The molecule has 2 heteroatoms. The number of thiol groups is 1. The van der Waals surface area contributed by atoms with E-state index in [0.29, 0.717) is 0 Å². The number of likely N-dealkylation sites (tertiary alicyclic amines) is 1. The van der Waals surface area contributed by atoms with Gasteiger partial charge in [-0.2, -0.15) is 12.6 Å². The molecule has 1 heterocycles. The molecule has 0 bridgehead atoms. The Morgan fingerprint density at radius 3 is 2.86 bits per heavy atom. The Morgan fingerprint density at radius 2 is 2.00 bits per heavy atom. The van der Waals surface area contributed by atoms with Crippen molar-refractivity contribution in [1.82, 2.24) is 4.90 Å². The first-order chi connectivity index (χ1) is 6.92. The molecular weight excluding hydrogens is 190 g/mol. The van der Waals surface area contributed by atoms with Gasteiger partial charge in [-0.15, -0.1) is 0 Å². The topological polar surface area (TPSA) is 3.24 Å². The standard InChI is InChI=1S/C12H21NS/c14-10-4-3-8-13-9-7-11-5-1-2-6-12(11)13/h3-4,11-12,14H,1-2,5-10H2/b4-3+. The van der Waals surface area contributed by atoms with Crippen molar-refractivity contribution in [1.29, 1.82) is 0 Å². The summed E-state index contributed by atoms with van der Waals surface area (Å²) in [5, 5.41) is 0. The average Bonchev–Trinajstić information content (AvgIpc) is 2.63. The van der Waals surface area contributed by atoms with Crippen LogP contribution in [-0.2, 0) is 0 Å². The fourth-order valence-corrected chi connectivity index (χ4v) is 3.16. The fourth-order valence-electron chi connectivity index (χ4n) is 3.01. The molecule has 80 valence electrons. The van der Waals surface area contributed by atoms with Crippen LogP contribution in [0.25, 0.3) is 0 Å². The molecule has 1 saturated heterocycles. The number of fused-ring (bicyclic) bond motifs is 1. The molecule has 1 saturated carbocycles. The molecule has 1 nitrogen and oxygen atoms in total. The predicted molar refractivity (Wildman–Crippen MR) is 64.9 cm³/mol. The van der Waals surface area contributed by atoms with Crippen LogP contribution in [0.3, 0.4) is 0 Å². The third kappa shape index (κ3) is 2.34. The van der Waals surface area contributed by atoms with Gasteiger partial charge in [-0.1, -0.05) is 25.0 Å². The molecule has 2 aliphatic rings. The zero-order chi connectivity index (χ0) is 9.80. The molecule has 0 N–H and O–H groups in total. The van der Waals surface area contributed by atoms with Crippen molar-refractivity contribution in [2.45, 2.75) is 38.1 Å². The molecule has 1 aliphatic heterocycles. The SMILES string of the molecule is SC/C=C/CN1CCC2CCCCC21. The maximum Gasteiger partial charge on any atom is 0.0166 e. The summed E-state index contributed by atoms with van der Waals surface area (Å²) in [6.45, 7) is 2.48. The minimum Gasteiger partial charge on any atom is -0.296 e. The van der Waals surface area contributed by atoms with Crippen LogP contribution in [-0.4, -0.2) is 29.8 Å². The summed E-state index contributed by atoms with van der Waals surface area (Å²) in [6.07, 6.45) is 11.7.